The topological polar surface area (TPSA) is 78.5 Å². The average molecular weight is 529 g/mol. The molecule has 1 aliphatic rings. The Morgan fingerprint density at radius 2 is 1.49 bits per heavy atom. The molecule has 3 amide bonds. The van der Waals surface area contributed by atoms with Gasteiger partial charge in [-0.15, -0.1) is 0 Å². The number of nitrogens with one attached hydrogen (secondary N) is 2. The maximum Gasteiger partial charge on any atom is 0.283 e. The summed E-state index contributed by atoms with van der Waals surface area (Å²) >= 11 is 18.2. The highest BCUT2D eigenvalue weighted by atomic mass is 35.5. The zero-order valence-corrected chi connectivity index (χ0v) is 21.0. The van der Waals surface area contributed by atoms with Crippen LogP contribution in [0.3, 0.4) is 0 Å². The van der Waals surface area contributed by atoms with Gasteiger partial charge in [0.25, 0.3) is 17.7 Å². The minimum absolute atomic E-state index is 0.0659. The molecule has 0 saturated carbocycles. The zero-order valence-electron chi connectivity index (χ0n) is 18.7. The molecule has 178 valence electrons. The van der Waals surface area contributed by atoms with Crippen LogP contribution in [0.4, 0.5) is 17.1 Å². The largest absolute Gasteiger partial charge is 0.350 e. The molecule has 1 heterocycles. The van der Waals surface area contributed by atoms with Crippen LogP contribution >= 0.6 is 34.8 Å². The first-order valence-electron chi connectivity index (χ1n) is 10.7. The van der Waals surface area contributed by atoms with Crippen molar-refractivity contribution in [3.05, 3.63) is 98.6 Å². The molecular weight excluding hydrogens is 509 g/mol. The van der Waals surface area contributed by atoms with Crippen molar-refractivity contribution in [2.24, 2.45) is 0 Å². The van der Waals surface area contributed by atoms with E-state index in [0.29, 0.717) is 38.6 Å². The first kappa shape index (κ1) is 24.8. The summed E-state index contributed by atoms with van der Waals surface area (Å²) in [5, 5.41) is 6.16. The van der Waals surface area contributed by atoms with Crippen LogP contribution in [0.2, 0.25) is 10.0 Å². The first-order chi connectivity index (χ1) is 16.6. The molecule has 6 nitrogen and oxygen atoms in total. The van der Waals surface area contributed by atoms with Gasteiger partial charge in [-0.25, -0.2) is 4.90 Å². The van der Waals surface area contributed by atoms with Gasteiger partial charge in [0.2, 0.25) is 0 Å². The van der Waals surface area contributed by atoms with Gasteiger partial charge in [-0.1, -0.05) is 66.8 Å². The van der Waals surface area contributed by atoms with E-state index >= 15 is 0 Å². The number of carbonyl (C=O) groups is 3. The fourth-order valence-electron chi connectivity index (χ4n) is 3.57. The van der Waals surface area contributed by atoms with Gasteiger partial charge >= 0.3 is 0 Å². The predicted molar refractivity (Wildman–Crippen MR) is 140 cm³/mol. The van der Waals surface area contributed by atoms with E-state index in [9.17, 15) is 14.4 Å². The molecule has 0 aromatic heterocycles. The third-order valence-corrected chi connectivity index (χ3v) is 6.15. The van der Waals surface area contributed by atoms with E-state index in [-0.39, 0.29) is 10.7 Å². The van der Waals surface area contributed by atoms with Crippen molar-refractivity contribution in [1.82, 2.24) is 0 Å². The smallest absolute Gasteiger partial charge is 0.283 e. The normalized spacial score (nSPS) is 13.6. The van der Waals surface area contributed by atoms with Crippen molar-refractivity contribution in [1.29, 1.82) is 0 Å². The lowest BCUT2D eigenvalue weighted by Gasteiger charge is -2.16. The minimum Gasteiger partial charge on any atom is -0.350 e. The number of benzene rings is 3. The molecule has 4 rings (SSSR count). The van der Waals surface area contributed by atoms with Crippen LogP contribution in [0, 0.1) is 0 Å². The number of imide groups is 1. The summed E-state index contributed by atoms with van der Waals surface area (Å²) in [5.41, 5.74) is 2.60. The highest BCUT2D eigenvalue weighted by Gasteiger charge is 2.39. The third kappa shape index (κ3) is 5.35. The van der Waals surface area contributed by atoms with Crippen LogP contribution < -0.4 is 15.5 Å². The quantitative estimate of drug-likeness (QED) is 0.345. The van der Waals surface area contributed by atoms with Crippen molar-refractivity contribution >= 4 is 69.6 Å². The molecule has 3 aromatic rings. The lowest BCUT2D eigenvalue weighted by atomic mass is 10.0. The van der Waals surface area contributed by atoms with Gasteiger partial charge in [0.15, 0.2) is 0 Å². The Hall–Kier alpha value is -3.32. The van der Waals surface area contributed by atoms with Crippen LogP contribution in [0.1, 0.15) is 35.7 Å². The maximum atomic E-state index is 13.1. The van der Waals surface area contributed by atoms with E-state index < -0.39 is 17.7 Å². The number of amides is 3. The molecular formula is C26H20Cl3N3O3. The number of nitrogens with zero attached hydrogens (tertiary/aromatic N) is 1. The third-order valence-electron chi connectivity index (χ3n) is 5.36. The number of rotatable bonds is 6. The van der Waals surface area contributed by atoms with Crippen molar-refractivity contribution in [2.75, 3.05) is 15.5 Å². The lowest BCUT2D eigenvalue weighted by Crippen LogP contribution is -2.32. The SMILES string of the molecule is CC(C)c1ccc(N2C(=O)C(Cl)=C(Nc3cccc(C(=O)Nc4cc(Cl)cc(Cl)c4)c3)C2=O)cc1. The fraction of sp³-hybridized carbons (Fsp3) is 0.115. The molecule has 0 spiro atoms. The number of anilines is 3. The van der Waals surface area contributed by atoms with Gasteiger partial charge in [-0.3, -0.25) is 14.4 Å². The van der Waals surface area contributed by atoms with Crippen LogP contribution in [0.5, 0.6) is 0 Å². The zero-order chi connectivity index (χ0) is 25.3. The summed E-state index contributed by atoms with van der Waals surface area (Å²) in [6.07, 6.45) is 0. The Labute approximate surface area is 217 Å². The summed E-state index contributed by atoms with van der Waals surface area (Å²) in [4.78, 5) is 39.6. The lowest BCUT2D eigenvalue weighted by molar-refractivity contribution is -0.120. The molecule has 9 heteroatoms. The molecule has 0 atom stereocenters. The summed E-state index contributed by atoms with van der Waals surface area (Å²) in [6, 6.07) is 18.3. The van der Waals surface area contributed by atoms with Crippen LogP contribution in [-0.4, -0.2) is 17.7 Å². The Kier molecular flexibility index (Phi) is 7.17. The second-order valence-electron chi connectivity index (χ2n) is 8.20. The van der Waals surface area contributed by atoms with E-state index in [1.165, 1.54) is 6.07 Å². The van der Waals surface area contributed by atoms with Crippen molar-refractivity contribution < 1.29 is 14.4 Å². The number of hydrogen-bond donors (Lipinski definition) is 2. The molecule has 0 unspecified atom stereocenters. The molecule has 0 radical (unpaired) electrons. The van der Waals surface area contributed by atoms with E-state index in [4.69, 9.17) is 34.8 Å². The van der Waals surface area contributed by atoms with E-state index in [1.807, 2.05) is 12.1 Å². The summed E-state index contributed by atoms with van der Waals surface area (Å²) in [5.74, 6) is -1.30. The summed E-state index contributed by atoms with van der Waals surface area (Å²) < 4.78 is 0. The molecule has 2 N–H and O–H groups in total. The van der Waals surface area contributed by atoms with E-state index in [2.05, 4.69) is 24.5 Å². The number of halogens is 3. The number of carbonyl (C=O) groups excluding carboxylic acids is 3. The summed E-state index contributed by atoms with van der Waals surface area (Å²) in [6.45, 7) is 4.11. The van der Waals surface area contributed by atoms with Crippen molar-refractivity contribution in [3.8, 4) is 0 Å². The Morgan fingerprint density at radius 1 is 0.829 bits per heavy atom. The van der Waals surface area contributed by atoms with Gasteiger partial charge in [-0.2, -0.15) is 0 Å². The molecule has 0 aliphatic carbocycles. The van der Waals surface area contributed by atoms with Gasteiger partial charge < -0.3 is 10.6 Å². The van der Waals surface area contributed by atoms with Crippen molar-refractivity contribution in [3.63, 3.8) is 0 Å². The Balaban J connectivity index is 1.53. The average Bonchev–Trinajstić information content (AvgIpc) is 3.01. The predicted octanol–water partition coefficient (Wildman–Crippen LogP) is 6.80. The van der Waals surface area contributed by atoms with Crippen LogP contribution in [-0.2, 0) is 9.59 Å². The monoisotopic (exact) mass is 527 g/mol. The highest BCUT2D eigenvalue weighted by molar-refractivity contribution is 6.53. The van der Waals surface area contributed by atoms with Gasteiger partial charge in [0.1, 0.15) is 10.7 Å². The molecule has 0 fully saturated rings. The summed E-state index contributed by atoms with van der Waals surface area (Å²) in [7, 11) is 0. The molecule has 0 saturated heterocycles. The molecule has 3 aromatic carbocycles. The standard InChI is InChI=1S/C26H20Cl3N3O3/c1-14(2)15-6-8-21(9-7-15)32-25(34)22(29)23(26(32)35)30-19-5-3-4-16(10-19)24(33)31-20-12-17(27)11-18(28)13-20/h3-14,30H,1-2H3,(H,31,33). The first-order valence-corrected chi connectivity index (χ1v) is 11.8. The number of hydrogen-bond acceptors (Lipinski definition) is 4. The highest BCUT2D eigenvalue weighted by Crippen LogP contribution is 2.31. The Morgan fingerprint density at radius 3 is 2.11 bits per heavy atom. The molecule has 1 aliphatic heterocycles. The maximum absolute atomic E-state index is 13.1. The van der Waals surface area contributed by atoms with E-state index in [0.717, 1.165) is 10.5 Å². The van der Waals surface area contributed by atoms with Gasteiger partial charge in [0, 0.05) is 27.0 Å². The Bertz CT molecular complexity index is 1350. The second-order valence-corrected chi connectivity index (χ2v) is 9.45. The fourth-order valence-corrected chi connectivity index (χ4v) is 4.30. The van der Waals surface area contributed by atoms with Crippen LogP contribution in [0.25, 0.3) is 0 Å². The second kappa shape index (κ2) is 10.1. The van der Waals surface area contributed by atoms with Gasteiger partial charge in [-0.05, 0) is 60.0 Å². The molecule has 0 bridgehead atoms. The minimum atomic E-state index is -0.622. The van der Waals surface area contributed by atoms with Crippen LogP contribution in [0.15, 0.2) is 77.5 Å². The van der Waals surface area contributed by atoms with E-state index in [1.54, 1.807) is 48.5 Å². The molecule has 35 heavy (non-hydrogen) atoms. The van der Waals surface area contributed by atoms with Crippen molar-refractivity contribution in [2.45, 2.75) is 19.8 Å². The van der Waals surface area contributed by atoms with Gasteiger partial charge in [0.05, 0.1) is 5.69 Å².